The van der Waals surface area contributed by atoms with Crippen LogP contribution in [-0.2, 0) is 0 Å². The summed E-state index contributed by atoms with van der Waals surface area (Å²) in [7, 11) is 0. The summed E-state index contributed by atoms with van der Waals surface area (Å²) in [6.45, 7) is 3.93. The van der Waals surface area contributed by atoms with E-state index >= 15 is 0 Å². The average molecular weight is 268 g/mol. The third kappa shape index (κ3) is 1.91. The molecule has 2 aliphatic rings. The van der Waals surface area contributed by atoms with Crippen molar-refractivity contribution in [1.29, 1.82) is 0 Å². The van der Waals surface area contributed by atoms with Crippen LogP contribution < -0.4 is 5.73 Å². The Balaban J connectivity index is 2.27. The molecule has 2 unspecified atom stereocenters. The molecule has 0 aromatic carbocycles. The van der Waals surface area contributed by atoms with Crippen LogP contribution in [-0.4, -0.2) is 17.2 Å². The molecule has 0 fully saturated rings. The fourth-order valence-electron chi connectivity index (χ4n) is 1.93. The average Bonchev–Trinajstić information content (AvgIpc) is 2.42. The van der Waals surface area contributed by atoms with Gasteiger partial charge >= 0.3 is 0 Å². The number of rotatable bonds is 1. The fourth-order valence-corrected chi connectivity index (χ4v) is 2.43. The Morgan fingerprint density at radius 2 is 2.27 bits per heavy atom. The minimum Gasteiger partial charge on any atom is -0.382 e. The Labute approximate surface area is 98.0 Å². The molecule has 0 radical (unpaired) electrons. The van der Waals surface area contributed by atoms with Crippen molar-refractivity contribution in [2.75, 3.05) is 0 Å². The number of nitrogens with zero attached hydrogens (tertiary/aromatic N) is 2. The summed E-state index contributed by atoms with van der Waals surface area (Å²) >= 11 is 3.51. The SMILES string of the molecule is CC1=NC(C)(C2C=CC=C(Br)C2)N=C1N. The molecular weight excluding hydrogens is 254 g/mol. The van der Waals surface area contributed by atoms with E-state index in [1.54, 1.807) is 0 Å². The Hall–Kier alpha value is -0.900. The summed E-state index contributed by atoms with van der Waals surface area (Å²) in [4.78, 5) is 9.00. The highest BCUT2D eigenvalue weighted by molar-refractivity contribution is 9.11. The van der Waals surface area contributed by atoms with Crippen molar-refractivity contribution in [3.63, 3.8) is 0 Å². The van der Waals surface area contributed by atoms with E-state index in [-0.39, 0.29) is 5.92 Å². The monoisotopic (exact) mass is 267 g/mol. The topological polar surface area (TPSA) is 50.7 Å². The predicted octanol–water partition coefficient (Wildman–Crippen LogP) is 2.39. The second-order valence-electron chi connectivity index (χ2n) is 4.10. The van der Waals surface area contributed by atoms with Gasteiger partial charge in [-0.1, -0.05) is 34.2 Å². The second kappa shape index (κ2) is 3.59. The molecule has 0 amide bonds. The molecule has 0 spiro atoms. The lowest BCUT2D eigenvalue weighted by molar-refractivity contribution is 0.374. The van der Waals surface area contributed by atoms with Crippen LogP contribution >= 0.6 is 15.9 Å². The minimum absolute atomic E-state index is 0.285. The Morgan fingerprint density at radius 1 is 1.53 bits per heavy atom. The molecule has 15 heavy (non-hydrogen) atoms. The van der Waals surface area contributed by atoms with Crippen molar-refractivity contribution in [3.8, 4) is 0 Å². The summed E-state index contributed by atoms with van der Waals surface area (Å²) in [5, 5.41) is 0. The molecule has 3 nitrogen and oxygen atoms in total. The molecule has 2 N–H and O–H groups in total. The van der Waals surface area contributed by atoms with Gasteiger partial charge in [-0.2, -0.15) is 0 Å². The molecule has 4 heteroatoms. The van der Waals surface area contributed by atoms with Gasteiger partial charge in [-0.05, 0) is 24.8 Å². The minimum atomic E-state index is -0.419. The maximum absolute atomic E-state index is 5.76. The smallest absolute Gasteiger partial charge is 0.156 e. The molecule has 1 heterocycles. The highest BCUT2D eigenvalue weighted by atomic mass is 79.9. The first-order valence-corrected chi connectivity index (χ1v) is 5.75. The third-order valence-electron chi connectivity index (χ3n) is 2.85. The van der Waals surface area contributed by atoms with Crippen molar-refractivity contribution in [1.82, 2.24) is 0 Å². The normalized spacial score (nSPS) is 34.9. The van der Waals surface area contributed by atoms with Crippen molar-refractivity contribution < 1.29 is 0 Å². The lowest BCUT2D eigenvalue weighted by Gasteiger charge is -2.27. The molecule has 2 rings (SSSR count). The van der Waals surface area contributed by atoms with E-state index in [2.05, 4.69) is 38.1 Å². The molecule has 1 aliphatic carbocycles. The van der Waals surface area contributed by atoms with Crippen LogP contribution in [0.1, 0.15) is 20.3 Å². The van der Waals surface area contributed by atoms with Crippen LogP contribution in [0.4, 0.5) is 0 Å². The number of hydrogen-bond acceptors (Lipinski definition) is 3. The summed E-state index contributed by atoms with van der Waals surface area (Å²) in [5.74, 6) is 0.851. The molecule has 0 bridgehead atoms. The molecule has 1 aliphatic heterocycles. The van der Waals surface area contributed by atoms with Crippen LogP contribution in [0.25, 0.3) is 0 Å². The molecule has 0 aromatic heterocycles. The first kappa shape index (κ1) is 10.6. The van der Waals surface area contributed by atoms with Gasteiger partial charge in [0.05, 0.1) is 5.71 Å². The summed E-state index contributed by atoms with van der Waals surface area (Å²) in [6.07, 6.45) is 7.17. The molecule has 0 saturated carbocycles. The van der Waals surface area contributed by atoms with Gasteiger partial charge in [-0.15, -0.1) is 0 Å². The van der Waals surface area contributed by atoms with E-state index in [1.807, 2.05) is 19.9 Å². The van der Waals surface area contributed by atoms with Gasteiger partial charge in [0, 0.05) is 5.92 Å². The molecule has 0 aromatic rings. The highest BCUT2D eigenvalue weighted by Gasteiger charge is 2.36. The van der Waals surface area contributed by atoms with Crippen molar-refractivity contribution in [2.24, 2.45) is 21.6 Å². The number of amidine groups is 1. The van der Waals surface area contributed by atoms with Crippen LogP contribution in [0.5, 0.6) is 0 Å². The first-order chi connectivity index (χ1) is 7.01. The lowest BCUT2D eigenvalue weighted by atomic mass is 9.89. The largest absolute Gasteiger partial charge is 0.382 e. The van der Waals surface area contributed by atoms with E-state index in [0.29, 0.717) is 5.84 Å². The number of nitrogens with two attached hydrogens (primary N) is 1. The number of aliphatic imine (C=N–C) groups is 2. The molecule has 0 saturated heterocycles. The van der Waals surface area contributed by atoms with Crippen LogP contribution in [0, 0.1) is 5.92 Å². The van der Waals surface area contributed by atoms with E-state index in [4.69, 9.17) is 5.73 Å². The number of halogens is 1. The fraction of sp³-hybridized carbons (Fsp3) is 0.455. The summed E-state index contributed by atoms with van der Waals surface area (Å²) in [6, 6.07) is 0. The quantitative estimate of drug-likeness (QED) is 0.780. The molecular formula is C11H14BrN3. The predicted molar refractivity (Wildman–Crippen MR) is 67.4 cm³/mol. The van der Waals surface area contributed by atoms with Gasteiger partial charge in [-0.3, -0.25) is 4.99 Å². The zero-order valence-electron chi connectivity index (χ0n) is 8.87. The number of hydrogen-bond donors (Lipinski definition) is 1. The van der Waals surface area contributed by atoms with Gasteiger partial charge in [0.15, 0.2) is 5.66 Å². The lowest BCUT2D eigenvalue weighted by Crippen LogP contribution is -2.29. The standard InChI is InChI=1S/C11H14BrN3/c1-7-10(13)15-11(2,14-7)8-4-3-5-9(12)6-8/h3-5,8H,6H2,1-2H3,(H2,13,15). The molecule has 80 valence electrons. The summed E-state index contributed by atoms with van der Waals surface area (Å²) in [5.41, 5.74) is 6.19. The van der Waals surface area contributed by atoms with Gasteiger partial charge in [0.25, 0.3) is 0 Å². The highest BCUT2D eigenvalue weighted by Crippen LogP contribution is 2.36. The summed E-state index contributed by atoms with van der Waals surface area (Å²) < 4.78 is 1.18. The number of allylic oxidation sites excluding steroid dienone is 3. The van der Waals surface area contributed by atoms with Gasteiger partial charge < -0.3 is 5.73 Å². The third-order valence-corrected chi connectivity index (χ3v) is 3.44. The van der Waals surface area contributed by atoms with Crippen LogP contribution in [0.3, 0.4) is 0 Å². The Kier molecular flexibility index (Phi) is 2.54. The van der Waals surface area contributed by atoms with E-state index in [0.717, 1.165) is 12.1 Å². The van der Waals surface area contributed by atoms with E-state index in [9.17, 15) is 0 Å². The van der Waals surface area contributed by atoms with Crippen LogP contribution in [0.2, 0.25) is 0 Å². The van der Waals surface area contributed by atoms with Gasteiger partial charge in [-0.25, -0.2) is 4.99 Å². The molecule has 2 atom stereocenters. The second-order valence-corrected chi connectivity index (χ2v) is 5.12. The van der Waals surface area contributed by atoms with Gasteiger partial charge in [0.1, 0.15) is 5.84 Å². The first-order valence-electron chi connectivity index (χ1n) is 4.96. The Bertz CT molecular complexity index is 386. The zero-order valence-corrected chi connectivity index (χ0v) is 10.5. The van der Waals surface area contributed by atoms with Crippen molar-refractivity contribution in [3.05, 3.63) is 22.7 Å². The maximum Gasteiger partial charge on any atom is 0.156 e. The van der Waals surface area contributed by atoms with E-state index in [1.165, 1.54) is 4.48 Å². The van der Waals surface area contributed by atoms with Crippen molar-refractivity contribution >= 4 is 27.5 Å². The van der Waals surface area contributed by atoms with Gasteiger partial charge in [0.2, 0.25) is 0 Å². The van der Waals surface area contributed by atoms with Crippen molar-refractivity contribution in [2.45, 2.75) is 25.9 Å². The van der Waals surface area contributed by atoms with Crippen LogP contribution in [0.15, 0.2) is 32.7 Å². The van der Waals surface area contributed by atoms with E-state index < -0.39 is 5.66 Å². The zero-order chi connectivity index (χ0) is 11.1. The maximum atomic E-state index is 5.76. The Morgan fingerprint density at radius 3 is 2.80 bits per heavy atom.